The van der Waals surface area contributed by atoms with Gasteiger partial charge in [0.05, 0.1) is 6.61 Å². The Hall–Kier alpha value is -1.61. The third-order valence-electron chi connectivity index (χ3n) is 1.74. The van der Waals surface area contributed by atoms with Crippen LogP contribution >= 0.6 is 0 Å². The molecule has 16 heavy (non-hydrogen) atoms. The maximum absolute atomic E-state index is 10.4. The van der Waals surface area contributed by atoms with E-state index in [9.17, 15) is 4.79 Å². The molecule has 0 aliphatic carbocycles. The quantitative estimate of drug-likeness (QED) is 0.615. The van der Waals surface area contributed by atoms with E-state index in [1.165, 1.54) is 0 Å². The molecule has 0 aliphatic heterocycles. The summed E-state index contributed by atoms with van der Waals surface area (Å²) in [5.74, 6) is 0.497. The van der Waals surface area contributed by atoms with Crippen LogP contribution in [0.4, 0.5) is 0 Å². The van der Waals surface area contributed by atoms with Crippen LogP contribution in [0.25, 0.3) is 5.76 Å². The average Bonchev–Trinajstić information content (AvgIpc) is 2.38. The molecule has 0 fully saturated rings. The van der Waals surface area contributed by atoms with E-state index in [1.807, 2.05) is 13.8 Å². The zero-order valence-electron chi connectivity index (χ0n) is 9.77. The summed E-state index contributed by atoms with van der Waals surface area (Å²) in [7, 11) is 0. The average molecular weight is 222 g/mol. The molecule has 3 heteroatoms. The summed E-state index contributed by atoms with van der Waals surface area (Å²) in [6, 6.07) is 6.89. The van der Waals surface area contributed by atoms with E-state index in [1.54, 1.807) is 24.3 Å². The summed E-state index contributed by atoms with van der Waals surface area (Å²) in [6.07, 6.45) is 0.779. The molecule has 0 aromatic heterocycles. The normalized spacial score (nSPS) is 8.69. The molecule has 1 aromatic rings. The highest BCUT2D eigenvalue weighted by molar-refractivity contribution is 5.75. The van der Waals surface area contributed by atoms with Crippen LogP contribution in [0.5, 0.6) is 0 Å². The predicted octanol–water partition coefficient (Wildman–Crippen LogP) is 2.50. The molecule has 0 saturated heterocycles. The summed E-state index contributed by atoms with van der Waals surface area (Å²) in [6.45, 7) is 7.89. The highest BCUT2D eigenvalue weighted by Crippen LogP contribution is 2.13. The molecule has 0 radical (unpaired) electrons. The number of hydrogen-bond acceptors (Lipinski definition) is 3. The fourth-order valence-corrected chi connectivity index (χ4v) is 1.000. The zero-order valence-corrected chi connectivity index (χ0v) is 9.77. The SMILES string of the molecule is C=C(OCCO)c1ccc(C=O)cc1.CC. The first kappa shape index (κ1) is 14.4. The van der Waals surface area contributed by atoms with Crippen LogP contribution in [-0.4, -0.2) is 24.6 Å². The van der Waals surface area contributed by atoms with Gasteiger partial charge in [-0.2, -0.15) is 0 Å². The maximum Gasteiger partial charge on any atom is 0.150 e. The first-order valence-corrected chi connectivity index (χ1v) is 5.26. The second-order valence-electron chi connectivity index (χ2n) is 2.74. The molecule has 0 spiro atoms. The van der Waals surface area contributed by atoms with E-state index >= 15 is 0 Å². The van der Waals surface area contributed by atoms with Crippen LogP contribution in [-0.2, 0) is 4.74 Å². The van der Waals surface area contributed by atoms with Crippen molar-refractivity contribution in [3.63, 3.8) is 0 Å². The zero-order chi connectivity index (χ0) is 12.4. The van der Waals surface area contributed by atoms with Crippen molar-refractivity contribution in [1.82, 2.24) is 0 Å². The maximum atomic E-state index is 10.4. The van der Waals surface area contributed by atoms with Gasteiger partial charge in [0.15, 0.2) is 0 Å². The van der Waals surface area contributed by atoms with E-state index in [-0.39, 0.29) is 13.2 Å². The number of carbonyl (C=O) groups excluding carboxylic acids is 1. The lowest BCUT2D eigenvalue weighted by atomic mass is 10.1. The minimum atomic E-state index is -0.0363. The molecule has 3 nitrogen and oxygen atoms in total. The topological polar surface area (TPSA) is 46.5 Å². The van der Waals surface area contributed by atoms with Crippen LogP contribution in [0.2, 0.25) is 0 Å². The first-order valence-electron chi connectivity index (χ1n) is 5.26. The van der Waals surface area contributed by atoms with Gasteiger partial charge in [-0.05, 0) is 0 Å². The molecule has 0 amide bonds. The lowest BCUT2D eigenvalue weighted by molar-refractivity contribution is 0.112. The van der Waals surface area contributed by atoms with Gasteiger partial charge in [0.25, 0.3) is 0 Å². The molecular weight excluding hydrogens is 204 g/mol. The van der Waals surface area contributed by atoms with Gasteiger partial charge in [-0.1, -0.05) is 44.7 Å². The molecule has 0 saturated carbocycles. The Kier molecular flexibility index (Phi) is 7.81. The molecular formula is C13H18O3. The molecule has 1 N–H and O–H groups in total. The van der Waals surface area contributed by atoms with Crippen molar-refractivity contribution in [1.29, 1.82) is 0 Å². The van der Waals surface area contributed by atoms with Gasteiger partial charge in [-0.3, -0.25) is 4.79 Å². The van der Waals surface area contributed by atoms with Crippen molar-refractivity contribution < 1.29 is 14.6 Å². The van der Waals surface area contributed by atoms with Crippen LogP contribution in [0.1, 0.15) is 29.8 Å². The number of carbonyl (C=O) groups is 1. The lowest BCUT2D eigenvalue weighted by Gasteiger charge is -2.07. The lowest BCUT2D eigenvalue weighted by Crippen LogP contribution is -1.97. The highest BCUT2D eigenvalue weighted by atomic mass is 16.5. The Morgan fingerprint density at radius 2 is 1.94 bits per heavy atom. The second-order valence-corrected chi connectivity index (χ2v) is 2.74. The Morgan fingerprint density at radius 1 is 1.38 bits per heavy atom. The summed E-state index contributed by atoms with van der Waals surface area (Å²) in [5.41, 5.74) is 1.42. The minimum Gasteiger partial charge on any atom is -0.491 e. The number of aliphatic hydroxyl groups excluding tert-OH is 1. The van der Waals surface area contributed by atoms with Crippen LogP contribution in [0, 0.1) is 0 Å². The van der Waals surface area contributed by atoms with Crippen LogP contribution in [0.3, 0.4) is 0 Å². The van der Waals surface area contributed by atoms with E-state index in [0.29, 0.717) is 11.3 Å². The molecule has 1 aromatic carbocycles. The van der Waals surface area contributed by atoms with Gasteiger partial charge < -0.3 is 9.84 Å². The summed E-state index contributed by atoms with van der Waals surface area (Å²) in [4.78, 5) is 10.4. The summed E-state index contributed by atoms with van der Waals surface area (Å²) in [5, 5.41) is 8.53. The third-order valence-corrected chi connectivity index (χ3v) is 1.74. The Balaban J connectivity index is 0.00000106. The van der Waals surface area contributed by atoms with Crippen molar-refractivity contribution in [2.75, 3.05) is 13.2 Å². The van der Waals surface area contributed by atoms with Gasteiger partial charge in [0.2, 0.25) is 0 Å². The summed E-state index contributed by atoms with van der Waals surface area (Å²) >= 11 is 0. The summed E-state index contributed by atoms with van der Waals surface area (Å²) < 4.78 is 5.12. The molecule has 0 bridgehead atoms. The fraction of sp³-hybridized carbons (Fsp3) is 0.308. The van der Waals surface area contributed by atoms with E-state index < -0.39 is 0 Å². The van der Waals surface area contributed by atoms with E-state index in [0.717, 1.165) is 11.8 Å². The van der Waals surface area contributed by atoms with Gasteiger partial charge in [0, 0.05) is 11.1 Å². The Morgan fingerprint density at radius 3 is 2.38 bits per heavy atom. The smallest absolute Gasteiger partial charge is 0.150 e. The van der Waals surface area contributed by atoms with Gasteiger partial charge in [-0.15, -0.1) is 0 Å². The van der Waals surface area contributed by atoms with Crippen molar-refractivity contribution >= 4 is 12.0 Å². The van der Waals surface area contributed by atoms with Crippen molar-refractivity contribution in [2.45, 2.75) is 13.8 Å². The predicted molar refractivity (Wildman–Crippen MR) is 65.2 cm³/mol. The molecule has 1 rings (SSSR count). The number of aliphatic hydroxyl groups is 1. The van der Waals surface area contributed by atoms with Crippen molar-refractivity contribution in [3.05, 3.63) is 42.0 Å². The van der Waals surface area contributed by atoms with Crippen molar-refractivity contribution in [3.8, 4) is 0 Å². The number of benzene rings is 1. The van der Waals surface area contributed by atoms with E-state index in [4.69, 9.17) is 9.84 Å². The fourth-order valence-electron chi connectivity index (χ4n) is 1.000. The standard InChI is InChI=1S/C11H12O3.C2H6/c1-9(14-7-6-12)11-4-2-10(8-13)3-5-11;1-2/h2-5,8,12H,1,6-7H2;1-2H3. The monoisotopic (exact) mass is 222 g/mol. The number of ether oxygens (including phenoxy) is 1. The third kappa shape index (κ3) is 4.75. The number of hydrogen-bond donors (Lipinski definition) is 1. The molecule has 88 valence electrons. The Labute approximate surface area is 96.4 Å². The first-order chi connectivity index (χ1) is 7.77. The highest BCUT2D eigenvalue weighted by Gasteiger charge is 1.99. The molecule has 0 atom stereocenters. The Bertz CT molecular complexity index is 314. The van der Waals surface area contributed by atoms with Crippen LogP contribution in [0.15, 0.2) is 30.8 Å². The van der Waals surface area contributed by atoms with Gasteiger partial charge >= 0.3 is 0 Å². The van der Waals surface area contributed by atoms with Gasteiger partial charge in [0.1, 0.15) is 18.7 Å². The van der Waals surface area contributed by atoms with E-state index in [2.05, 4.69) is 6.58 Å². The van der Waals surface area contributed by atoms with Crippen LogP contribution < -0.4 is 0 Å². The molecule has 0 unspecified atom stereocenters. The molecule has 0 heterocycles. The number of rotatable bonds is 5. The van der Waals surface area contributed by atoms with Gasteiger partial charge in [-0.25, -0.2) is 0 Å². The number of aldehydes is 1. The van der Waals surface area contributed by atoms with Crippen molar-refractivity contribution in [2.24, 2.45) is 0 Å². The molecule has 0 aliphatic rings. The minimum absolute atomic E-state index is 0.0363. The largest absolute Gasteiger partial charge is 0.491 e. The second kappa shape index (κ2) is 8.68.